The van der Waals surface area contributed by atoms with Crippen LogP contribution in [0.3, 0.4) is 0 Å². The van der Waals surface area contributed by atoms with Gasteiger partial charge in [-0.1, -0.05) is 11.6 Å². The summed E-state index contributed by atoms with van der Waals surface area (Å²) in [7, 11) is 0. The molecule has 0 atom stereocenters. The van der Waals surface area contributed by atoms with Crippen molar-refractivity contribution in [2.24, 2.45) is 0 Å². The monoisotopic (exact) mass is 285 g/mol. The molecule has 2 rings (SSSR count). The molecule has 1 aliphatic rings. The van der Waals surface area contributed by atoms with E-state index < -0.39 is 5.91 Å². The highest BCUT2D eigenvalue weighted by Crippen LogP contribution is 2.21. The van der Waals surface area contributed by atoms with Crippen LogP contribution in [0.5, 0.6) is 5.75 Å². The minimum absolute atomic E-state index is 0.0872. The molecule has 1 saturated carbocycles. The van der Waals surface area contributed by atoms with Gasteiger partial charge in [0.1, 0.15) is 5.75 Å². The summed E-state index contributed by atoms with van der Waals surface area (Å²) in [5, 5.41) is 13.3. The van der Waals surface area contributed by atoms with Crippen LogP contribution < -0.4 is 16.2 Å². The van der Waals surface area contributed by atoms with Crippen LogP contribution in [0.1, 0.15) is 23.2 Å². The zero-order valence-corrected chi connectivity index (χ0v) is 10.9. The molecule has 0 saturated heterocycles. The number of thiocarbonyl (C=S) groups is 1. The molecule has 4 N–H and O–H groups in total. The lowest BCUT2D eigenvalue weighted by Gasteiger charge is -2.11. The lowest BCUT2D eigenvalue weighted by Crippen LogP contribution is -2.47. The second kappa shape index (κ2) is 5.41. The van der Waals surface area contributed by atoms with E-state index in [1.807, 2.05) is 0 Å². The summed E-state index contributed by atoms with van der Waals surface area (Å²) in [6.45, 7) is 0. The number of hydrogen-bond donors (Lipinski definition) is 4. The molecule has 1 aliphatic carbocycles. The summed E-state index contributed by atoms with van der Waals surface area (Å²) in [6, 6.07) is 4.64. The second-order valence-corrected chi connectivity index (χ2v) is 4.83. The van der Waals surface area contributed by atoms with E-state index in [4.69, 9.17) is 23.8 Å². The first kappa shape index (κ1) is 12.9. The predicted octanol–water partition coefficient (Wildman–Crippen LogP) is 1.32. The molecule has 96 valence electrons. The first-order chi connectivity index (χ1) is 8.56. The molecule has 0 spiro atoms. The number of rotatable bonds is 2. The Kier molecular flexibility index (Phi) is 3.88. The number of amides is 1. The molecule has 0 aromatic heterocycles. The number of aromatic hydroxyl groups is 1. The van der Waals surface area contributed by atoms with Gasteiger partial charge < -0.3 is 10.4 Å². The molecule has 0 unspecified atom stereocenters. The first-order valence-electron chi connectivity index (χ1n) is 5.41. The lowest BCUT2D eigenvalue weighted by molar-refractivity contribution is 0.0941. The maximum atomic E-state index is 11.7. The summed E-state index contributed by atoms with van der Waals surface area (Å²) in [6.07, 6.45) is 2.18. The first-order valence-corrected chi connectivity index (χ1v) is 6.20. The van der Waals surface area contributed by atoms with Gasteiger partial charge in [0.15, 0.2) is 5.11 Å². The van der Waals surface area contributed by atoms with Gasteiger partial charge in [0.25, 0.3) is 5.91 Å². The number of phenolic OH excluding ortho intramolecular Hbond substituents is 1. The third-order valence-electron chi connectivity index (χ3n) is 2.41. The summed E-state index contributed by atoms with van der Waals surface area (Å²) in [5.74, 6) is -0.644. The summed E-state index contributed by atoms with van der Waals surface area (Å²) >= 11 is 10.7. The van der Waals surface area contributed by atoms with Gasteiger partial charge in [0, 0.05) is 11.1 Å². The number of halogens is 1. The maximum absolute atomic E-state index is 11.7. The van der Waals surface area contributed by atoms with E-state index in [0.29, 0.717) is 16.2 Å². The van der Waals surface area contributed by atoms with Crippen LogP contribution in [-0.4, -0.2) is 22.2 Å². The van der Waals surface area contributed by atoms with Crippen LogP contribution in [0.25, 0.3) is 0 Å². The number of benzene rings is 1. The van der Waals surface area contributed by atoms with Crippen molar-refractivity contribution in [3.8, 4) is 5.75 Å². The van der Waals surface area contributed by atoms with E-state index in [-0.39, 0.29) is 11.3 Å². The van der Waals surface area contributed by atoms with Crippen LogP contribution in [0.15, 0.2) is 18.2 Å². The Morgan fingerprint density at radius 3 is 2.78 bits per heavy atom. The maximum Gasteiger partial charge on any atom is 0.273 e. The largest absolute Gasteiger partial charge is 0.507 e. The molecule has 18 heavy (non-hydrogen) atoms. The molecule has 0 bridgehead atoms. The Bertz CT molecular complexity index is 491. The van der Waals surface area contributed by atoms with Gasteiger partial charge in [-0.25, -0.2) is 0 Å². The summed E-state index contributed by atoms with van der Waals surface area (Å²) in [5.41, 5.74) is 5.04. The minimum Gasteiger partial charge on any atom is -0.507 e. The highest BCUT2D eigenvalue weighted by molar-refractivity contribution is 7.80. The van der Waals surface area contributed by atoms with Crippen LogP contribution in [0.4, 0.5) is 0 Å². The fourth-order valence-electron chi connectivity index (χ4n) is 1.32. The number of carbonyl (C=O) groups excluding carboxylic acids is 1. The zero-order chi connectivity index (χ0) is 13.1. The molecule has 1 fully saturated rings. The third kappa shape index (κ3) is 3.48. The van der Waals surface area contributed by atoms with Crippen LogP contribution >= 0.6 is 23.8 Å². The van der Waals surface area contributed by atoms with Crippen molar-refractivity contribution in [1.82, 2.24) is 16.2 Å². The third-order valence-corrected chi connectivity index (χ3v) is 2.86. The number of hydrazine groups is 1. The molecule has 1 amide bonds. The number of phenols is 1. The van der Waals surface area contributed by atoms with Gasteiger partial charge in [0.2, 0.25) is 0 Å². The van der Waals surface area contributed by atoms with Crippen molar-refractivity contribution >= 4 is 34.8 Å². The van der Waals surface area contributed by atoms with Gasteiger partial charge in [-0.2, -0.15) is 0 Å². The van der Waals surface area contributed by atoms with Gasteiger partial charge in [-0.3, -0.25) is 15.6 Å². The Morgan fingerprint density at radius 2 is 2.11 bits per heavy atom. The molecule has 5 nitrogen and oxygen atoms in total. The number of carbonyl (C=O) groups is 1. The molecule has 1 aromatic rings. The lowest BCUT2D eigenvalue weighted by atomic mass is 10.2. The molecular weight excluding hydrogens is 274 g/mol. The van der Waals surface area contributed by atoms with E-state index in [0.717, 1.165) is 12.8 Å². The van der Waals surface area contributed by atoms with Crippen molar-refractivity contribution in [3.63, 3.8) is 0 Å². The van der Waals surface area contributed by atoms with Crippen LogP contribution in [0.2, 0.25) is 5.02 Å². The van der Waals surface area contributed by atoms with Gasteiger partial charge in [-0.15, -0.1) is 0 Å². The average molecular weight is 286 g/mol. The Hall–Kier alpha value is -1.53. The Labute approximate surface area is 114 Å². The minimum atomic E-state index is -0.505. The molecule has 0 aliphatic heterocycles. The van der Waals surface area contributed by atoms with Gasteiger partial charge in [0.05, 0.1) is 5.56 Å². The summed E-state index contributed by atoms with van der Waals surface area (Å²) in [4.78, 5) is 11.7. The number of nitrogens with one attached hydrogen (secondary N) is 3. The van der Waals surface area contributed by atoms with Crippen molar-refractivity contribution in [2.45, 2.75) is 18.9 Å². The highest BCUT2D eigenvalue weighted by atomic mass is 35.5. The van der Waals surface area contributed by atoms with E-state index in [1.54, 1.807) is 0 Å². The standard InChI is InChI=1S/C11H12ClN3O2S/c12-6-1-4-9(16)8(5-6)10(17)14-15-11(18)13-7-2-3-7/h1,4-5,7,16H,2-3H2,(H,14,17)(H2,13,15,18). The van der Waals surface area contributed by atoms with Crippen molar-refractivity contribution in [2.75, 3.05) is 0 Å². The molecule has 7 heteroatoms. The smallest absolute Gasteiger partial charge is 0.273 e. The van der Waals surface area contributed by atoms with E-state index >= 15 is 0 Å². The zero-order valence-electron chi connectivity index (χ0n) is 9.37. The van der Waals surface area contributed by atoms with Gasteiger partial charge >= 0.3 is 0 Å². The van der Waals surface area contributed by atoms with Crippen molar-refractivity contribution < 1.29 is 9.90 Å². The Balaban J connectivity index is 1.90. The average Bonchev–Trinajstić information content (AvgIpc) is 3.13. The van der Waals surface area contributed by atoms with E-state index in [1.165, 1.54) is 18.2 Å². The normalized spacial score (nSPS) is 13.8. The van der Waals surface area contributed by atoms with E-state index in [9.17, 15) is 9.90 Å². The summed E-state index contributed by atoms with van der Waals surface area (Å²) < 4.78 is 0. The molecular formula is C11H12ClN3O2S. The molecule has 0 heterocycles. The van der Waals surface area contributed by atoms with Gasteiger partial charge in [-0.05, 0) is 43.3 Å². The quantitative estimate of drug-likeness (QED) is 0.487. The second-order valence-electron chi connectivity index (χ2n) is 3.99. The van der Waals surface area contributed by atoms with Crippen LogP contribution in [-0.2, 0) is 0 Å². The van der Waals surface area contributed by atoms with E-state index in [2.05, 4.69) is 16.2 Å². The highest BCUT2D eigenvalue weighted by Gasteiger charge is 2.22. The Morgan fingerprint density at radius 1 is 1.39 bits per heavy atom. The SMILES string of the molecule is O=C(NNC(=S)NC1CC1)c1cc(Cl)ccc1O. The van der Waals surface area contributed by atoms with Crippen LogP contribution in [0, 0.1) is 0 Å². The predicted molar refractivity (Wildman–Crippen MR) is 72.5 cm³/mol. The molecule has 0 radical (unpaired) electrons. The van der Waals surface area contributed by atoms with Crippen molar-refractivity contribution in [3.05, 3.63) is 28.8 Å². The fraction of sp³-hybridized carbons (Fsp3) is 0.273. The topological polar surface area (TPSA) is 73.4 Å². The molecule has 1 aromatic carbocycles. The number of hydrogen-bond acceptors (Lipinski definition) is 3. The fourth-order valence-corrected chi connectivity index (χ4v) is 1.71. The van der Waals surface area contributed by atoms with Crippen molar-refractivity contribution in [1.29, 1.82) is 0 Å².